The fraction of sp³-hybridized carbons (Fsp3) is 0.211. The Bertz CT molecular complexity index is 987. The van der Waals surface area contributed by atoms with Crippen molar-refractivity contribution in [2.45, 2.75) is 18.6 Å². The van der Waals surface area contributed by atoms with Crippen molar-refractivity contribution in [3.8, 4) is 0 Å². The molecule has 27 heavy (non-hydrogen) atoms. The minimum atomic E-state index is -3.55. The third kappa shape index (κ3) is 6.26. The lowest BCUT2D eigenvalue weighted by molar-refractivity contribution is -0.113. The van der Waals surface area contributed by atoms with Gasteiger partial charge in [0.15, 0.2) is 9.84 Å². The highest BCUT2D eigenvalue weighted by Crippen LogP contribution is 2.17. The second-order valence-electron chi connectivity index (χ2n) is 6.05. The van der Waals surface area contributed by atoms with Gasteiger partial charge in [-0.25, -0.2) is 8.42 Å². The summed E-state index contributed by atoms with van der Waals surface area (Å²) in [6.45, 7) is 0. The van der Waals surface area contributed by atoms with Crippen LogP contribution in [0.25, 0.3) is 0 Å². The molecule has 140 valence electrons. The van der Waals surface area contributed by atoms with Crippen LogP contribution < -0.4 is 5.32 Å². The minimum Gasteiger partial charge on any atom is -0.300 e. The molecule has 1 aromatic heterocycles. The lowest BCUT2D eigenvalue weighted by Crippen LogP contribution is -2.23. The Morgan fingerprint density at radius 3 is 2.19 bits per heavy atom. The predicted molar refractivity (Wildman–Crippen MR) is 106 cm³/mol. The molecular weight excluding hydrogens is 382 g/mol. The van der Waals surface area contributed by atoms with E-state index in [1.165, 1.54) is 16.9 Å². The lowest BCUT2D eigenvalue weighted by Gasteiger charge is -2.04. The molecule has 0 atom stereocenters. The van der Waals surface area contributed by atoms with E-state index < -0.39 is 21.5 Å². The molecule has 0 saturated heterocycles. The number of aromatic nitrogens is 2. The maximum Gasteiger partial charge on any atom is 0.241 e. The Morgan fingerprint density at radius 2 is 1.52 bits per heavy atom. The summed E-state index contributed by atoms with van der Waals surface area (Å²) >= 11 is 1.26. The van der Waals surface area contributed by atoms with Gasteiger partial charge in [0.1, 0.15) is 10.8 Å². The zero-order chi connectivity index (χ0) is 19.1. The Labute approximate surface area is 162 Å². The van der Waals surface area contributed by atoms with E-state index in [1.54, 1.807) is 24.3 Å². The second kappa shape index (κ2) is 8.88. The molecule has 3 rings (SSSR count). The number of anilines is 1. The Morgan fingerprint density at radius 1 is 0.889 bits per heavy atom. The monoisotopic (exact) mass is 401 g/mol. The fourth-order valence-corrected chi connectivity index (χ4v) is 4.56. The van der Waals surface area contributed by atoms with Crippen LogP contribution in [0, 0.1) is 0 Å². The summed E-state index contributed by atoms with van der Waals surface area (Å²) < 4.78 is 24.3. The van der Waals surface area contributed by atoms with Crippen LogP contribution in [0.15, 0.2) is 60.7 Å². The van der Waals surface area contributed by atoms with Crippen LogP contribution in [0.4, 0.5) is 5.13 Å². The van der Waals surface area contributed by atoms with Gasteiger partial charge in [-0.2, -0.15) is 0 Å². The van der Waals surface area contributed by atoms with Gasteiger partial charge in [-0.1, -0.05) is 72.0 Å². The Balaban J connectivity index is 1.51. The molecule has 0 fully saturated rings. The van der Waals surface area contributed by atoms with Crippen LogP contribution in [-0.2, 0) is 33.2 Å². The van der Waals surface area contributed by atoms with E-state index in [1.807, 2.05) is 36.4 Å². The number of nitrogens with zero attached hydrogens (tertiary/aromatic N) is 2. The van der Waals surface area contributed by atoms with Gasteiger partial charge in [-0.05, 0) is 17.5 Å². The number of aryl methyl sites for hydroxylation is 2. The van der Waals surface area contributed by atoms with Gasteiger partial charge in [0.05, 0.1) is 5.75 Å². The molecule has 2 aromatic carbocycles. The normalized spacial score (nSPS) is 11.3. The molecule has 8 heteroatoms. The van der Waals surface area contributed by atoms with Gasteiger partial charge in [0.2, 0.25) is 11.0 Å². The van der Waals surface area contributed by atoms with Crippen molar-refractivity contribution in [2.75, 3.05) is 11.1 Å². The zero-order valence-electron chi connectivity index (χ0n) is 14.5. The molecule has 0 unspecified atom stereocenters. The third-order valence-electron chi connectivity index (χ3n) is 3.76. The standard InChI is InChI=1S/C19H19N3O3S2/c23-17(14-27(24,25)13-16-9-5-2-6-10-16)20-19-22-21-18(26-19)12-11-15-7-3-1-4-8-15/h1-10H,11-14H2,(H,20,22,23). The largest absolute Gasteiger partial charge is 0.300 e. The number of carbonyl (C=O) groups is 1. The van der Waals surface area contributed by atoms with Crippen LogP contribution in [0.2, 0.25) is 0 Å². The number of rotatable bonds is 8. The number of benzene rings is 2. The first kappa shape index (κ1) is 19.2. The average molecular weight is 402 g/mol. The molecule has 0 aliphatic rings. The maximum atomic E-state index is 12.2. The third-order valence-corrected chi connectivity index (χ3v) is 6.14. The van der Waals surface area contributed by atoms with Crippen molar-refractivity contribution in [1.29, 1.82) is 0 Å². The quantitative estimate of drug-likeness (QED) is 0.627. The van der Waals surface area contributed by atoms with Crippen molar-refractivity contribution in [1.82, 2.24) is 10.2 Å². The van der Waals surface area contributed by atoms with E-state index in [0.717, 1.165) is 11.4 Å². The highest BCUT2D eigenvalue weighted by molar-refractivity contribution is 7.91. The SMILES string of the molecule is O=C(CS(=O)(=O)Cc1ccccc1)Nc1nnc(CCc2ccccc2)s1. The van der Waals surface area contributed by atoms with Crippen molar-refractivity contribution in [3.63, 3.8) is 0 Å². The van der Waals surface area contributed by atoms with E-state index in [4.69, 9.17) is 0 Å². The number of carbonyl (C=O) groups excluding carboxylic acids is 1. The zero-order valence-corrected chi connectivity index (χ0v) is 16.2. The molecule has 1 amide bonds. The summed E-state index contributed by atoms with van der Waals surface area (Å²) in [7, 11) is -3.55. The molecular formula is C19H19N3O3S2. The Kier molecular flexibility index (Phi) is 6.31. The maximum absolute atomic E-state index is 12.2. The summed E-state index contributed by atoms with van der Waals surface area (Å²) in [5, 5.41) is 11.6. The molecule has 0 saturated carbocycles. The number of hydrogen-bond donors (Lipinski definition) is 1. The van der Waals surface area contributed by atoms with Gasteiger partial charge in [0.25, 0.3) is 0 Å². The van der Waals surface area contributed by atoms with Crippen molar-refractivity contribution in [2.24, 2.45) is 0 Å². The molecule has 3 aromatic rings. The van der Waals surface area contributed by atoms with E-state index in [-0.39, 0.29) is 5.75 Å². The molecule has 1 N–H and O–H groups in total. The van der Waals surface area contributed by atoms with Gasteiger partial charge in [-0.3, -0.25) is 10.1 Å². The summed E-state index contributed by atoms with van der Waals surface area (Å²) in [5.41, 5.74) is 1.86. The van der Waals surface area contributed by atoms with Crippen molar-refractivity contribution < 1.29 is 13.2 Å². The molecule has 6 nitrogen and oxygen atoms in total. The van der Waals surface area contributed by atoms with Crippen LogP contribution in [0.5, 0.6) is 0 Å². The van der Waals surface area contributed by atoms with Crippen LogP contribution >= 0.6 is 11.3 Å². The van der Waals surface area contributed by atoms with E-state index in [9.17, 15) is 13.2 Å². The van der Waals surface area contributed by atoms with Crippen LogP contribution in [0.1, 0.15) is 16.1 Å². The summed E-state index contributed by atoms with van der Waals surface area (Å²) in [5.74, 6) is -1.35. The number of hydrogen-bond acceptors (Lipinski definition) is 6. The topological polar surface area (TPSA) is 89.0 Å². The first-order chi connectivity index (χ1) is 13.0. The van der Waals surface area contributed by atoms with Gasteiger partial charge >= 0.3 is 0 Å². The summed E-state index contributed by atoms with van der Waals surface area (Å²) in [4.78, 5) is 12.1. The Hall–Kier alpha value is -2.58. The van der Waals surface area contributed by atoms with E-state index >= 15 is 0 Å². The molecule has 1 heterocycles. The van der Waals surface area contributed by atoms with E-state index in [2.05, 4.69) is 15.5 Å². The van der Waals surface area contributed by atoms with Crippen LogP contribution in [0.3, 0.4) is 0 Å². The van der Waals surface area contributed by atoms with Crippen LogP contribution in [-0.4, -0.2) is 30.3 Å². The summed E-state index contributed by atoms with van der Waals surface area (Å²) in [6.07, 6.45) is 1.54. The highest BCUT2D eigenvalue weighted by atomic mass is 32.2. The molecule has 0 spiro atoms. The van der Waals surface area contributed by atoms with Gasteiger partial charge < -0.3 is 0 Å². The lowest BCUT2D eigenvalue weighted by atomic mass is 10.1. The minimum absolute atomic E-state index is 0.167. The van der Waals surface area contributed by atoms with Gasteiger partial charge in [-0.15, -0.1) is 10.2 Å². The summed E-state index contributed by atoms with van der Waals surface area (Å²) in [6, 6.07) is 18.8. The first-order valence-electron chi connectivity index (χ1n) is 8.41. The highest BCUT2D eigenvalue weighted by Gasteiger charge is 2.18. The predicted octanol–water partition coefficient (Wildman–Crippen LogP) is 2.88. The number of amides is 1. The van der Waals surface area contributed by atoms with Crippen molar-refractivity contribution in [3.05, 3.63) is 76.8 Å². The van der Waals surface area contributed by atoms with E-state index in [0.29, 0.717) is 17.1 Å². The van der Waals surface area contributed by atoms with Gasteiger partial charge in [0, 0.05) is 6.42 Å². The number of sulfone groups is 1. The smallest absolute Gasteiger partial charge is 0.241 e. The van der Waals surface area contributed by atoms with Crippen molar-refractivity contribution >= 4 is 32.2 Å². The average Bonchev–Trinajstić information content (AvgIpc) is 3.08. The molecule has 0 aliphatic heterocycles. The molecule has 0 aliphatic carbocycles. The first-order valence-corrected chi connectivity index (χ1v) is 11.0. The fourth-order valence-electron chi connectivity index (χ4n) is 2.54. The number of nitrogens with one attached hydrogen (secondary N) is 1. The second-order valence-corrected chi connectivity index (χ2v) is 9.18. The molecule has 0 bridgehead atoms. The molecule has 0 radical (unpaired) electrons.